The van der Waals surface area contributed by atoms with Crippen molar-refractivity contribution in [2.75, 3.05) is 18.4 Å². The minimum Gasteiger partial charge on any atom is -0.352 e. The van der Waals surface area contributed by atoms with Gasteiger partial charge in [0.2, 0.25) is 5.91 Å². The van der Waals surface area contributed by atoms with Crippen LogP contribution in [-0.4, -0.2) is 40.2 Å². The summed E-state index contributed by atoms with van der Waals surface area (Å²) in [5, 5.41) is 2.33. The molecular formula is C15H17F2N3O2S. The highest BCUT2D eigenvalue weighted by Gasteiger charge is 2.32. The third-order valence-corrected chi connectivity index (χ3v) is 4.55. The Kier molecular flexibility index (Phi) is 5.70. The van der Waals surface area contributed by atoms with Crippen molar-refractivity contribution in [1.82, 2.24) is 4.90 Å². The lowest BCUT2D eigenvalue weighted by Gasteiger charge is -2.19. The number of hydrogen-bond donors (Lipinski definition) is 1. The summed E-state index contributed by atoms with van der Waals surface area (Å²) in [4.78, 5) is 29.7. The number of halogens is 2. The fourth-order valence-electron chi connectivity index (χ4n) is 2.10. The molecule has 0 radical (unpaired) electrons. The molecule has 2 rings (SSSR count). The molecule has 0 aromatic heterocycles. The quantitative estimate of drug-likeness (QED) is 0.894. The first kappa shape index (κ1) is 17.4. The highest BCUT2D eigenvalue weighted by molar-refractivity contribution is 8.15. The van der Waals surface area contributed by atoms with E-state index in [0.29, 0.717) is 11.2 Å². The largest absolute Gasteiger partial charge is 0.352 e. The Morgan fingerprint density at radius 3 is 2.65 bits per heavy atom. The lowest BCUT2D eigenvalue weighted by atomic mass is 10.2. The van der Waals surface area contributed by atoms with Crippen LogP contribution in [0.1, 0.15) is 20.3 Å². The molecule has 0 saturated heterocycles. The normalized spacial score (nSPS) is 17.1. The summed E-state index contributed by atoms with van der Waals surface area (Å²) in [6, 6.07) is 2.88. The van der Waals surface area contributed by atoms with Crippen molar-refractivity contribution in [2.45, 2.75) is 25.5 Å². The van der Waals surface area contributed by atoms with Gasteiger partial charge in [-0.1, -0.05) is 11.8 Å². The van der Waals surface area contributed by atoms with Crippen LogP contribution in [0.5, 0.6) is 0 Å². The van der Waals surface area contributed by atoms with E-state index in [2.05, 4.69) is 10.3 Å². The van der Waals surface area contributed by atoms with Crippen LogP contribution in [0.4, 0.5) is 14.5 Å². The van der Waals surface area contributed by atoms with Crippen LogP contribution < -0.4 is 5.32 Å². The maximum atomic E-state index is 13.5. The number of amidine groups is 1. The number of rotatable bonds is 5. The van der Waals surface area contributed by atoms with Gasteiger partial charge in [0, 0.05) is 25.6 Å². The van der Waals surface area contributed by atoms with Crippen LogP contribution in [0, 0.1) is 11.6 Å². The highest BCUT2D eigenvalue weighted by atomic mass is 32.2. The van der Waals surface area contributed by atoms with Crippen molar-refractivity contribution in [2.24, 2.45) is 4.99 Å². The zero-order valence-electron chi connectivity index (χ0n) is 12.8. The first-order chi connectivity index (χ1) is 10.9. The number of benzene rings is 1. The molecular weight excluding hydrogens is 324 g/mol. The zero-order valence-corrected chi connectivity index (χ0v) is 13.6. The first-order valence-electron chi connectivity index (χ1n) is 7.23. The summed E-state index contributed by atoms with van der Waals surface area (Å²) in [7, 11) is 0. The smallest absolute Gasteiger partial charge is 0.262 e. The molecule has 0 saturated carbocycles. The topological polar surface area (TPSA) is 61.8 Å². The van der Waals surface area contributed by atoms with Crippen LogP contribution in [-0.2, 0) is 9.59 Å². The summed E-state index contributed by atoms with van der Waals surface area (Å²) in [6.07, 6.45) is -0.116. The minimum absolute atomic E-state index is 0.114. The zero-order chi connectivity index (χ0) is 17.0. The highest BCUT2D eigenvalue weighted by Crippen LogP contribution is 2.27. The van der Waals surface area contributed by atoms with Gasteiger partial charge in [0.1, 0.15) is 16.9 Å². The lowest BCUT2D eigenvalue weighted by molar-refractivity contribution is -0.121. The molecule has 8 heteroatoms. The van der Waals surface area contributed by atoms with Crippen molar-refractivity contribution < 1.29 is 18.4 Å². The van der Waals surface area contributed by atoms with E-state index < -0.39 is 22.8 Å². The summed E-state index contributed by atoms with van der Waals surface area (Å²) in [5.74, 6) is -2.47. The van der Waals surface area contributed by atoms with E-state index in [1.54, 1.807) is 0 Å². The number of thioether (sulfide) groups is 1. The van der Waals surface area contributed by atoms with Gasteiger partial charge in [-0.3, -0.25) is 9.59 Å². The molecule has 1 aliphatic rings. The second kappa shape index (κ2) is 7.54. The summed E-state index contributed by atoms with van der Waals surface area (Å²) in [6.45, 7) is 5.34. The Labute approximate surface area is 137 Å². The Bertz CT molecular complexity index is 648. The Balaban J connectivity index is 1.95. The molecule has 0 fully saturated rings. The number of carbonyl (C=O) groups is 2. The molecule has 1 atom stereocenters. The van der Waals surface area contributed by atoms with Crippen LogP contribution >= 0.6 is 11.8 Å². The molecule has 1 aromatic carbocycles. The van der Waals surface area contributed by atoms with Crippen molar-refractivity contribution in [3.63, 3.8) is 0 Å². The van der Waals surface area contributed by atoms with Crippen LogP contribution in [0.25, 0.3) is 0 Å². The van der Waals surface area contributed by atoms with Gasteiger partial charge in [-0.05, 0) is 26.0 Å². The van der Waals surface area contributed by atoms with E-state index in [9.17, 15) is 18.4 Å². The first-order valence-corrected chi connectivity index (χ1v) is 8.11. The van der Waals surface area contributed by atoms with E-state index in [1.165, 1.54) is 11.8 Å². The predicted molar refractivity (Wildman–Crippen MR) is 86.3 cm³/mol. The van der Waals surface area contributed by atoms with Gasteiger partial charge in [-0.15, -0.1) is 0 Å². The third kappa shape index (κ3) is 4.28. The molecule has 0 bridgehead atoms. The van der Waals surface area contributed by atoms with Gasteiger partial charge >= 0.3 is 0 Å². The average Bonchev–Trinajstić information content (AvgIpc) is 2.84. The molecule has 1 aliphatic heterocycles. The number of carbonyl (C=O) groups excluding carboxylic acids is 2. The fraction of sp³-hybridized carbons (Fsp3) is 0.400. The maximum absolute atomic E-state index is 13.5. The molecule has 1 heterocycles. The van der Waals surface area contributed by atoms with Gasteiger partial charge in [0.25, 0.3) is 5.91 Å². The number of hydrogen-bond acceptors (Lipinski definition) is 4. The van der Waals surface area contributed by atoms with Crippen molar-refractivity contribution >= 4 is 34.4 Å². The molecule has 0 spiro atoms. The van der Waals surface area contributed by atoms with E-state index in [-0.39, 0.29) is 18.0 Å². The van der Waals surface area contributed by atoms with Crippen molar-refractivity contribution in [1.29, 1.82) is 0 Å². The summed E-state index contributed by atoms with van der Waals surface area (Å²) < 4.78 is 26.3. The van der Waals surface area contributed by atoms with Crippen molar-refractivity contribution in [3.8, 4) is 0 Å². The molecule has 1 N–H and O–H groups in total. The molecule has 0 unspecified atom stereocenters. The monoisotopic (exact) mass is 341 g/mol. The third-order valence-electron chi connectivity index (χ3n) is 3.34. The van der Waals surface area contributed by atoms with Gasteiger partial charge < -0.3 is 10.2 Å². The standard InChI is InChI=1S/C15H17F2N3O2S/c1-3-20(4-2)15-19-14(22)12(23-15)8-13(21)18-11-6-5-9(16)7-10(11)17/h5-7,12H,3-4,8H2,1-2H3,(H,18,21)/t12-/m1/s1. The molecule has 124 valence electrons. The molecule has 2 amide bonds. The van der Waals surface area contributed by atoms with E-state index in [0.717, 1.165) is 25.2 Å². The second-order valence-electron chi connectivity index (χ2n) is 4.89. The number of amides is 2. The van der Waals surface area contributed by atoms with Crippen LogP contribution in [0.3, 0.4) is 0 Å². The number of aliphatic imine (C=N–C) groups is 1. The van der Waals surface area contributed by atoms with Crippen molar-refractivity contribution in [3.05, 3.63) is 29.8 Å². The lowest BCUT2D eigenvalue weighted by Crippen LogP contribution is -2.28. The van der Waals surface area contributed by atoms with E-state index in [4.69, 9.17) is 0 Å². The van der Waals surface area contributed by atoms with Crippen LogP contribution in [0.15, 0.2) is 23.2 Å². The SMILES string of the molecule is CCN(CC)C1=NC(=O)[C@@H](CC(=O)Nc2ccc(F)cc2F)S1. The Hall–Kier alpha value is -1.96. The minimum atomic E-state index is -0.858. The molecule has 5 nitrogen and oxygen atoms in total. The Morgan fingerprint density at radius 2 is 2.04 bits per heavy atom. The molecule has 0 aliphatic carbocycles. The second-order valence-corrected chi connectivity index (χ2v) is 6.06. The van der Waals surface area contributed by atoms with Gasteiger partial charge in [0.15, 0.2) is 5.17 Å². The fourth-order valence-corrected chi connectivity index (χ4v) is 3.29. The van der Waals surface area contributed by atoms with Gasteiger partial charge in [-0.2, -0.15) is 4.99 Å². The number of nitrogens with one attached hydrogen (secondary N) is 1. The van der Waals surface area contributed by atoms with Crippen LogP contribution in [0.2, 0.25) is 0 Å². The summed E-state index contributed by atoms with van der Waals surface area (Å²) >= 11 is 1.23. The number of nitrogens with zero attached hydrogens (tertiary/aromatic N) is 2. The summed E-state index contributed by atoms with van der Waals surface area (Å²) in [5.41, 5.74) is -0.114. The molecule has 23 heavy (non-hydrogen) atoms. The van der Waals surface area contributed by atoms with E-state index >= 15 is 0 Å². The van der Waals surface area contributed by atoms with E-state index in [1.807, 2.05) is 18.7 Å². The Morgan fingerprint density at radius 1 is 1.35 bits per heavy atom. The average molecular weight is 341 g/mol. The predicted octanol–water partition coefficient (Wildman–Crippen LogP) is 2.63. The van der Waals surface area contributed by atoms with Gasteiger partial charge in [0.05, 0.1) is 5.69 Å². The molecule has 1 aromatic rings. The number of anilines is 1. The van der Waals surface area contributed by atoms with Gasteiger partial charge in [-0.25, -0.2) is 8.78 Å². The maximum Gasteiger partial charge on any atom is 0.262 e.